The number of hydrogen-bond acceptors (Lipinski definition) is 4. The molecule has 0 N–H and O–H groups in total. The Morgan fingerprint density at radius 2 is 1.62 bits per heavy atom. The quantitative estimate of drug-likeness (QED) is 0.463. The highest BCUT2D eigenvalue weighted by Crippen LogP contribution is 2.60. The number of anilines is 1. The van der Waals surface area contributed by atoms with E-state index in [1.165, 1.54) is 13.0 Å². The molecule has 6 rings (SSSR count). The summed E-state index contributed by atoms with van der Waals surface area (Å²) in [6.45, 7) is 1.43. The summed E-state index contributed by atoms with van der Waals surface area (Å²) < 4.78 is 15.3. The molecule has 3 aliphatic rings. The third-order valence-electron chi connectivity index (χ3n) is 7.42. The predicted molar refractivity (Wildman–Crippen MR) is 128 cm³/mol. The number of nitrogens with zero attached hydrogens (tertiary/aromatic N) is 1. The van der Waals surface area contributed by atoms with Crippen molar-refractivity contribution in [3.63, 3.8) is 0 Å². The van der Waals surface area contributed by atoms with Crippen LogP contribution < -0.4 is 4.90 Å². The molecule has 1 saturated heterocycles. The average molecular weight is 472 g/mol. The number of halogens is 2. The first-order valence-electron chi connectivity index (χ1n) is 11.1. The van der Waals surface area contributed by atoms with Crippen LogP contribution in [0.1, 0.15) is 44.7 Å². The van der Waals surface area contributed by atoms with Crippen LogP contribution >= 0.6 is 11.6 Å². The van der Waals surface area contributed by atoms with Crippen molar-refractivity contribution in [3.8, 4) is 0 Å². The highest BCUT2D eigenvalue weighted by atomic mass is 35.5. The number of ketones is 3. The van der Waals surface area contributed by atoms with Crippen LogP contribution in [0.25, 0.3) is 6.08 Å². The SMILES string of the molecule is CC(=O)[C@@H]1[C@H](c2ccccc2F)C2(C(=O)c3ccccc3C2=O)[C@H]2C=Cc3cc(Cl)ccc3N12. The highest BCUT2D eigenvalue weighted by Gasteiger charge is 2.71. The molecule has 4 nitrogen and oxygen atoms in total. The van der Waals surface area contributed by atoms with Crippen molar-refractivity contribution in [2.45, 2.75) is 24.9 Å². The van der Waals surface area contributed by atoms with E-state index in [2.05, 4.69) is 0 Å². The second-order valence-corrected chi connectivity index (χ2v) is 9.48. The van der Waals surface area contributed by atoms with E-state index in [1.807, 2.05) is 11.0 Å². The fourth-order valence-electron chi connectivity index (χ4n) is 6.17. The van der Waals surface area contributed by atoms with Crippen LogP contribution in [0.4, 0.5) is 10.1 Å². The highest BCUT2D eigenvalue weighted by molar-refractivity contribution is 6.32. The Morgan fingerprint density at radius 1 is 0.971 bits per heavy atom. The molecular weight excluding hydrogens is 453 g/mol. The van der Waals surface area contributed by atoms with E-state index < -0.39 is 29.2 Å². The van der Waals surface area contributed by atoms with Gasteiger partial charge in [0.05, 0.1) is 12.1 Å². The summed E-state index contributed by atoms with van der Waals surface area (Å²) in [6.07, 6.45) is 3.62. The molecule has 0 radical (unpaired) electrons. The van der Waals surface area contributed by atoms with Crippen molar-refractivity contribution >= 4 is 40.7 Å². The number of carbonyl (C=O) groups excluding carboxylic acids is 3. The summed E-state index contributed by atoms with van der Waals surface area (Å²) in [5, 5.41) is 0.529. The topological polar surface area (TPSA) is 54.5 Å². The van der Waals surface area contributed by atoms with E-state index in [0.29, 0.717) is 21.8 Å². The molecule has 3 aromatic carbocycles. The van der Waals surface area contributed by atoms with Gasteiger partial charge >= 0.3 is 0 Å². The van der Waals surface area contributed by atoms with Gasteiger partial charge in [-0.1, -0.05) is 66.2 Å². The van der Waals surface area contributed by atoms with Gasteiger partial charge < -0.3 is 4.90 Å². The van der Waals surface area contributed by atoms with Crippen molar-refractivity contribution in [2.24, 2.45) is 5.41 Å². The molecule has 3 atom stereocenters. The Balaban J connectivity index is 1.70. The predicted octanol–water partition coefficient (Wildman–Crippen LogP) is 5.50. The first kappa shape index (κ1) is 21.0. The molecule has 0 bridgehead atoms. The zero-order chi connectivity index (χ0) is 23.8. The van der Waals surface area contributed by atoms with Crippen molar-refractivity contribution in [1.29, 1.82) is 0 Å². The van der Waals surface area contributed by atoms with E-state index in [0.717, 1.165) is 5.56 Å². The van der Waals surface area contributed by atoms with Crippen molar-refractivity contribution in [2.75, 3.05) is 4.90 Å². The zero-order valence-electron chi connectivity index (χ0n) is 18.2. The summed E-state index contributed by atoms with van der Waals surface area (Å²) in [5.41, 5.74) is 0.606. The van der Waals surface area contributed by atoms with Crippen LogP contribution in [0.2, 0.25) is 5.02 Å². The van der Waals surface area contributed by atoms with E-state index in [9.17, 15) is 14.4 Å². The van der Waals surface area contributed by atoms with Gasteiger partial charge in [-0.3, -0.25) is 14.4 Å². The molecule has 6 heteroatoms. The van der Waals surface area contributed by atoms with Crippen molar-refractivity contribution in [3.05, 3.63) is 106 Å². The van der Waals surface area contributed by atoms with Crippen LogP contribution in [0, 0.1) is 11.2 Å². The van der Waals surface area contributed by atoms with Crippen LogP contribution in [-0.2, 0) is 4.79 Å². The molecular formula is C28H19ClFNO3. The summed E-state index contributed by atoms with van der Waals surface area (Å²) in [5.74, 6) is -2.54. The van der Waals surface area contributed by atoms with Gasteiger partial charge in [-0.05, 0) is 42.3 Å². The van der Waals surface area contributed by atoms with Gasteiger partial charge in [0.1, 0.15) is 11.2 Å². The van der Waals surface area contributed by atoms with E-state index in [1.54, 1.807) is 66.7 Å². The second kappa shape index (κ2) is 7.21. The fourth-order valence-corrected chi connectivity index (χ4v) is 6.35. The first-order valence-corrected chi connectivity index (χ1v) is 11.4. The molecule has 1 spiro atoms. The molecule has 2 aliphatic heterocycles. The van der Waals surface area contributed by atoms with Gasteiger partial charge in [-0.15, -0.1) is 0 Å². The van der Waals surface area contributed by atoms with Gasteiger partial charge in [0.2, 0.25) is 0 Å². The lowest BCUT2D eigenvalue weighted by Crippen LogP contribution is -2.48. The molecule has 3 aromatic rings. The maximum absolute atomic E-state index is 15.3. The van der Waals surface area contributed by atoms with E-state index in [4.69, 9.17) is 11.6 Å². The first-order chi connectivity index (χ1) is 16.4. The molecule has 0 unspecified atom stereocenters. The maximum atomic E-state index is 15.3. The number of carbonyl (C=O) groups is 3. The number of hydrogen-bond donors (Lipinski definition) is 0. The number of rotatable bonds is 2. The third kappa shape index (κ3) is 2.50. The summed E-state index contributed by atoms with van der Waals surface area (Å²) >= 11 is 6.21. The maximum Gasteiger partial charge on any atom is 0.180 e. The lowest BCUT2D eigenvalue weighted by atomic mass is 9.64. The zero-order valence-corrected chi connectivity index (χ0v) is 18.9. The largest absolute Gasteiger partial charge is 0.352 e. The minimum absolute atomic E-state index is 0.190. The van der Waals surface area contributed by atoms with Gasteiger partial charge in [0.15, 0.2) is 17.3 Å². The average Bonchev–Trinajstić information content (AvgIpc) is 3.26. The van der Waals surface area contributed by atoms with Crippen LogP contribution in [0.5, 0.6) is 0 Å². The summed E-state index contributed by atoms with van der Waals surface area (Å²) in [7, 11) is 0. The Hall–Kier alpha value is -3.57. The van der Waals surface area contributed by atoms with Gasteiger partial charge in [-0.2, -0.15) is 0 Å². The molecule has 1 aliphatic carbocycles. The normalized spacial score (nSPS) is 23.7. The minimum atomic E-state index is -1.67. The molecule has 34 heavy (non-hydrogen) atoms. The minimum Gasteiger partial charge on any atom is -0.352 e. The number of benzene rings is 3. The fraction of sp³-hybridized carbons (Fsp3) is 0.179. The van der Waals surface area contributed by atoms with Crippen LogP contribution in [0.15, 0.2) is 72.8 Å². The Morgan fingerprint density at radius 3 is 2.26 bits per heavy atom. The summed E-state index contributed by atoms with van der Waals surface area (Å²) in [4.78, 5) is 43.4. The molecule has 0 saturated carbocycles. The number of Topliss-reactive ketones (excluding diaryl/α,β-unsaturated/α-hetero) is 3. The van der Waals surface area contributed by atoms with Gasteiger partial charge in [-0.25, -0.2) is 4.39 Å². The standard InChI is InChI=1S/C28H19ClFNO3/c1-15(32)25-24(20-8-4-5-9-21(20)30)28(26(33)18-6-2-3-7-19(18)27(28)34)23-13-10-16-14-17(29)11-12-22(16)31(23)25/h2-14,23-25H,1H3/t23-,24+,25-/m1/s1. The summed E-state index contributed by atoms with van der Waals surface area (Å²) in [6, 6.07) is 16.4. The monoisotopic (exact) mass is 471 g/mol. The van der Waals surface area contributed by atoms with Crippen molar-refractivity contribution in [1.82, 2.24) is 0 Å². The van der Waals surface area contributed by atoms with Gasteiger partial charge in [0.25, 0.3) is 0 Å². The van der Waals surface area contributed by atoms with Crippen LogP contribution in [0.3, 0.4) is 0 Å². The third-order valence-corrected chi connectivity index (χ3v) is 7.66. The van der Waals surface area contributed by atoms with Crippen LogP contribution in [-0.4, -0.2) is 29.4 Å². The molecule has 0 amide bonds. The second-order valence-electron chi connectivity index (χ2n) is 9.04. The Labute approximate surface area is 200 Å². The molecule has 2 heterocycles. The van der Waals surface area contributed by atoms with Crippen molar-refractivity contribution < 1.29 is 18.8 Å². The van der Waals surface area contributed by atoms with E-state index in [-0.39, 0.29) is 22.9 Å². The lowest BCUT2D eigenvalue weighted by molar-refractivity contribution is -0.118. The van der Waals surface area contributed by atoms with E-state index >= 15 is 4.39 Å². The lowest BCUT2D eigenvalue weighted by Gasteiger charge is -2.37. The molecule has 1 fully saturated rings. The van der Waals surface area contributed by atoms with Gasteiger partial charge in [0, 0.05) is 27.8 Å². The number of fused-ring (bicyclic) bond motifs is 5. The smallest absolute Gasteiger partial charge is 0.180 e. The molecule has 0 aromatic heterocycles. The molecule has 168 valence electrons. The Kier molecular flexibility index (Phi) is 4.45. The Bertz CT molecular complexity index is 1410.